The van der Waals surface area contributed by atoms with E-state index < -0.39 is 41.6 Å². The van der Waals surface area contributed by atoms with Crippen molar-refractivity contribution < 1.29 is 28.7 Å². The molecule has 0 saturated carbocycles. The first-order valence-corrected chi connectivity index (χ1v) is 11.5. The summed E-state index contributed by atoms with van der Waals surface area (Å²) in [4.78, 5) is 50.4. The SMILES string of the molecule is C[C@H](NC(=O)OCc1ccccc1)C(=O)N[C@@H](Cc1ccccc1)C(=O)N[C@@H](C)C(=O)[C@]1(C)CO1. The van der Waals surface area contributed by atoms with Gasteiger partial charge in [0.25, 0.3) is 0 Å². The van der Waals surface area contributed by atoms with Crippen molar-refractivity contribution >= 4 is 23.7 Å². The molecule has 3 rings (SSSR count). The molecule has 3 N–H and O–H groups in total. The lowest BCUT2D eigenvalue weighted by Crippen LogP contribution is -2.56. The molecule has 2 aromatic carbocycles. The number of ether oxygens (including phenoxy) is 2. The number of carbonyl (C=O) groups is 4. The maximum absolute atomic E-state index is 13.0. The Hall–Kier alpha value is -3.72. The average molecular weight is 482 g/mol. The predicted octanol–water partition coefficient (Wildman–Crippen LogP) is 1.89. The van der Waals surface area contributed by atoms with Crippen LogP contribution >= 0.6 is 0 Å². The molecule has 9 nitrogen and oxygen atoms in total. The molecule has 1 aliphatic rings. The van der Waals surface area contributed by atoms with Gasteiger partial charge >= 0.3 is 6.09 Å². The molecule has 0 bridgehead atoms. The molecule has 0 unspecified atom stereocenters. The third-order valence-corrected chi connectivity index (χ3v) is 5.71. The zero-order valence-corrected chi connectivity index (χ0v) is 20.1. The first-order chi connectivity index (χ1) is 16.7. The molecular weight excluding hydrogens is 450 g/mol. The fourth-order valence-electron chi connectivity index (χ4n) is 3.45. The summed E-state index contributed by atoms with van der Waals surface area (Å²) in [6.45, 7) is 5.13. The van der Waals surface area contributed by atoms with Crippen molar-refractivity contribution in [3.63, 3.8) is 0 Å². The van der Waals surface area contributed by atoms with E-state index in [1.165, 1.54) is 6.92 Å². The summed E-state index contributed by atoms with van der Waals surface area (Å²) in [5, 5.41) is 7.82. The van der Waals surface area contributed by atoms with Crippen molar-refractivity contribution in [2.75, 3.05) is 6.61 Å². The molecule has 1 aliphatic heterocycles. The lowest BCUT2D eigenvalue weighted by molar-refractivity contribution is -0.132. The highest BCUT2D eigenvalue weighted by Crippen LogP contribution is 2.28. The first kappa shape index (κ1) is 25.9. The second-order valence-electron chi connectivity index (χ2n) is 8.79. The summed E-state index contributed by atoms with van der Waals surface area (Å²) in [7, 11) is 0. The Morgan fingerprint density at radius 3 is 2.00 bits per heavy atom. The zero-order chi connectivity index (χ0) is 25.4. The molecule has 1 fully saturated rings. The number of ketones is 1. The summed E-state index contributed by atoms with van der Waals surface area (Å²) in [5.74, 6) is -1.30. The van der Waals surface area contributed by atoms with Gasteiger partial charge in [-0.15, -0.1) is 0 Å². The van der Waals surface area contributed by atoms with E-state index in [0.29, 0.717) is 6.61 Å². The lowest BCUT2D eigenvalue weighted by atomic mass is 10.0. The van der Waals surface area contributed by atoms with E-state index >= 15 is 0 Å². The summed E-state index contributed by atoms with van der Waals surface area (Å²) < 4.78 is 10.3. The number of benzene rings is 2. The van der Waals surface area contributed by atoms with Crippen LogP contribution in [0.3, 0.4) is 0 Å². The van der Waals surface area contributed by atoms with E-state index in [1.807, 2.05) is 60.7 Å². The Balaban J connectivity index is 1.58. The van der Waals surface area contributed by atoms with Crippen LogP contribution in [-0.2, 0) is 36.9 Å². The number of rotatable bonds is 11. The third-order valence-electron chi connectivity index (χ3n) is 5.71. The van der Waals surface area contributed by atoms with E-state index in [2.05, 4.69) is 16.0 Å². The number of alkyl carbamates (subject to hydrolysis) is 1. The van der Waals surface area contributed by atoms with Gasteiger partial charge in [-0.25, -0.2) is 4.79 Å². The largest absolute Gasteiger partial charge is 0.445 e. The van der Waals surface area contributed by atoms with Crippen molar-refractivity contribution in [2.45, 2.75) is 57.5 Å². The van der Waals surface area contributed by atoms with Crippen molar-refractivity contribution in [2.24, 2.45) is 0 Å². The highest BCUT2D eigenvalue weighted by Gasteiger charge is 2.49. The molecule has 1 heterocycles. The number of amides is 3. The van der Waals surface area contributed by atoms with Gasteiger partial charge in [0.05, 0.1) is 12.6 Å². The number of nitrogens with one attached hydrogen (secondary N) is 3. The molecule has 0 aromatic heterocycles. The fraction of sp³-hybridized carbons (Fsp3) is 0.385. The molecule has 0 radical (unpaired) electrons. The first-order valence-electron chi connectivity index (χ1n) is 11.5. The number of epoxide rings is 1. The fourth-order valence-corrected chi connectivity index (χ4v) is 3.45. The average Bonchev–Trinajstić information content (AvgIpc) is 3.61. The van der Waals surface area contributed by atoms with Crippen molar-refractivity contribution in [3.8, 4) is 0 Å². The second kappa shape index (κ2) is 11.6. The minimum absolute atomic E-state index is 0.0641. The molecule has 0 spiro atoms. The standard InChI is InChI=1S/C26H31N3O6/c1-17(22(30)26(3)16-35-26)27-24(32)21(14-19-10-6-4-7-11-19)29-23(31)18(2)28-25(33)34-15-20-12-8-5-9-13-20/h4-13,17-18,21H,14-16H2,1-3H3,(H,27,32)(H,28,33)(H,29,31)/t17-,18-,21-,26-/m0/s1. The molecule has 35 heavy (non-hydrogen) atoms. The maximum atomic E-state index is 13.0. The van der Waals surface area contributed by atoms with Gasteiger partial charge in [0.15, 0.2) is 5.78 Å². The van der Waals surface area contributed by atoms with Gasteiger partial charge in [0.2, 0.25) is 11.8 Å². The van der Waals surface area contributed by atoms with Gasteiger partial charge in [-0.3, -0.25) is 14.4 Å². The highest BCUT2D eigenvalue weighted by atomic mass is 16.6. The Bertz CT molecular complexity index is 1040. The van der Waals surface area contributed by atoms with Crippen LogP contribution in [-0.4, -0.2) is 54.0 Å². The predicted molar refractivity (Wildman–Crippen MR) is 128 cm³/mol. The Labute approximate surface area is 204 Å². The van der Waals surface area contributed by atoms with Crippen molar-refractivity contribution in [1.82, 2.24) is 16.0 Å². The van der Waals surface area contributed by atoms with Crippen molar-refractivity contribution in [1.29, 1.82) is 0 Å². The molecule has 4 atom stereocenters. The van der Waals surface area contributed by atoms with Gasteiger partial charge in [0, 0.05) is 6.42 Å². The normalized spacial score (nSPS) is 18.9. The van der Waals surface area contributed by atoms with E-state index in [-0.39, 0.29) is 18.8 Å². The van der Waals surface area contributed by atoms with Crippen LogP contribution in [0.5, 0.6) is 0 Å². The van der Waals surface area contributed by atoms with E-state index in [0.717, 1.165) is 11.1 Å². The van der Waals surface area contributed by atoms with Crippen LogP contribution < -0.4 is 16.0 Å². The quantitative estimate of drug-likeness (QED) is 0.421. The highest BCUT2D eigenvalue weighted by molar-refractivity contribution is 5.98. The Kier molecular flexibility index (Phi) is 8.59. The number of hydrogen-bond acceptors (Lipinski definition) is 6. The lowest BCUT2D eigenvalue weighted by Gasteiger charge is -2.23. The number of carbonyl (C=O) groups excluding carboxylic acids is 4. The molecule has 0 aliphatic carbocycles. The van der Waals surface area contributed by atoms with Gasteiger partial charge in [-0.2, -0.15) is 0 Å². The van der Waals surface area contributed by atoms with Gasteiger partial charge in [0.1, 0.15) is 24.3 Å². The van der Waals surface area contributed by atoms with Crippen molar-refractivity contribution in [3.05, 3.63) is 71.8 Å². The second-order valence-corrected chi connectivity index (χ2v) is 8.79. The minimum Gasteiger partial charge on any atom is -0.445 e. The van der Waals surface area contributed by atoms with Crippen LogP contribution in [0.15, 0.2) is 60.7 Å². The molecule has 3 amide bonds. The van der Waals surface area contributed by atoms with Crippen LogP contribution in [0.1, 0.15) is 31.9 Å². The smallest absolute Gasteiger partial charge is 0.408 e. The van der Waals surface area contributed by atoms with E-state index in [9.17, 15) is 19.2 Å². The molecule has 186 valence electrons. The third kappa shape index (κ3) is 7.65. The maximum Gasteiger partial charge on any atom is 0.408 e. The minimum atomic E-state index is -0.960. The summed E-state index contributed by atoms with van der Waals surface area (Å²) >= 11 is 0. The van der Waals surface area contributed by atoms with Gasteiger partial charge in [-0.1, -0.05) is 60.7 Å². The van der Waals surface area contributed by atoms with Crippen LogP contribution in [0.4, 0.5) is 4.79 Å². The van der Waals surface area contributed by atoms with Crippen LogP contribution in [0.25, 0.3) is 0 Å². The topological polar surface area (TPSA) is 126 Å². The zero-order valence-electron chi connectivity index (χ0n) is 20.1. The van der Waals surface area contributed by atoms with Crippen LogP contribution in [0, 0.1) is 0 Å². The molecule has 9 heteroatoms. The summed E-state index contributed by atoms with van der Waals surface area (Å²) in [6.07, 6.45) is -0.546. The molecule has 1 saturated heterocycles. The van der Waals surface area contributed by atoms with Crippen LogP contribution in [0.2, 0.25) is 0 Å². The van der Waals surface area contributed by atoms with E-state index in [4.69, 9.17) is 9.47 Å². The number of hydrogen-bond donors (Lipinski definition) is 3. The Morgan fingerprint density at radius 1 is 0.857 bits per heavy atom. The van der Waals surface area contributed by atoms with Gasteiger partial charge < -0.3 is 25.4 Å². The number of Topliss-reactive ketones (excluding diaryl/α,β-unsaturated/α-hetero) is 1. The summed E-state index contributed by atoms with van der Waals surface area (Å²) in [6, 6.07) is 15.6. The van der Waals surface area contributed by atoms with E-state index in [1.54, 1.807) is 13.8 Å². The monoisotopic (exact) mass is 481 g/mol. The molecular formula is C26H31N3O6. The summed E-state index contributed by atoms with van der Waals surface area (Å²) in [5.41, 5.74) is 0.768. The van der Waals surface area contributed by atoms with Gasteiger partial charge in [-0.05, 0) is 31.9 Å². The molecule has 2 aromatic rings. The Morgan fingerprint density at radius 2 is 1.43 bits per heavy atom.